The van der Waals surface area contributed by atoms with Crippen molar-refractivity contribution in [1.82, 2.24) is 4.72 Å². The van der Waals surface area contributed by atoms with Gasteiger partial charge in [0.2, 0.25) is 10.0 Å². The number of rotatable bonds is 5. The summed E-state index contributed by atoms with van der Waals surface area (Å²) < 4.78 is 33.1. The van der Waals surface area contributed by atoms with Crippen LogP contribution in [0.1, 0.15) is 38.0 Å². The number of carboxylic acids is 1. The fraction of sp³-hybridized carbons (Fsp3) is 0.471. The molecular weight excluding hydrogens is 330 g/mol. The van der Waals surface area contributed by atoms with Crippen molar-refractivity contribution in [3.05, 3.63) is 29.5 Å². The van der Waals surface area contributed by atoms with E-state index in [1.54, 1.807) is 19.9 Å². The first-order valence-electron chi connectivity index (χ1n) is 8.09. The van der Waals surface area contributed by atoms with Gasteiger partial charge >= 0.3 is 5.97 Å². The molecule has 1 heterocycles. The molecule has 130 valence electrons. The second-order valence-electron chi connectivity index (χ2n) is 6.55. The lowest BCUT2D eigenvalue weighted by Gasteiger charge is -2.17. The van der Waals surface area contributed by atoms with Crippen molar-refractivity contribution in [3.63, 3.8) is 0 Å². The molecule has 0 aliphatic heterocycles. The topological polar surface area (TPSA) is 96.6 Å². The summed E-state index contributed by atoms with van der Waals surface area (Å²) in [5, 5.41) is 10.1. The highest BCUT2D eigenvalue weighted by Gasteiger charge is 2.28. The fourth-order valence-corrected chi connectivity index (χ4v) is 4.47. The first-order valence-corrected chi connectivity index (χ1v) is 9.57. The molecule has 2 aromatic rings. The van der Waals surface area contributed by atoms with Crippen LogP contribution in [0.15, 0.2) is 27.5 Å². The smallest absolute Gasteiger partial charge is 0.322 e. The monoisotopic (exact) mass is 351 g/mol. The SMILES string of the molecule is CC(C)[C@@H](NS(=O)(=O)c1ccc2c3c(oc2c1)CCCC3)C(=O)O. The number of fused-ring (bicyclic) bond motifs is 3. The van der Waals surface area contributed by atoms with E-state index in [-0.39, 0.29) is 10.8 Å². The van der Waals surface area contributed by atoms with Crippen LogP contribution >= 0.6 is 0 Å². The zero-order valence-electron chi connectivity index (χ0n) is 13.7. The van der Waals surface area contributed by atoms with E-state index in [4.69, 9.17) is 4.42 Å². The summed E-state index contributed by atoms with van der Waals surface area (Å²) in [4.78, 5) is 11.3. The molecule has 0 saturated heterocycles. The summed E-state index contributed by atoms with van der Waals surface area (Å²) in [5.74, 6) is -0.621. The predicted molar refractivity (Wildman–Crippen MR) is 89.4 cm³/mol. The molecule has 1 atom stereocenters. The van der Waals surface area contributed by atoms with Crippen molar-refractivity contribution in [2.75, 3.05) is 0 Å². The number of furan rings is 1. The van der Waals surface area contributed by atoms with Crippen molar-refractivity contribution in [2.24, 2.45) is 5.92 Å². The highest BCUT2D eigenvalue weighted by atomic mass is 32.2. The number of hydrogen-bond donors (Lipinski definition) is 2. The number of benzene rings is 1. The van der Waals surface area contributed by atoms with Crippen LogP contribution in [0.25, 0.3) is 11.0 Å². The number of sulfonamides is 1. The van der Waals surface area contributed by atoms with E-state index in [0.717, 1.165) is 36.8 Å². The van der Waals surface area contributed by atoms with E-state index in [2.05, 4.69) is 4.72 Å². The summed E-state index contributed by atoms with van der Waals surface area (Å²) >= 11 is 0. The molecule has 3 rings (SSSR count). The van der Waals surface area contributed by atoms with Crippen LogP contribution in [0, 0.1) is 5.92 Å². The van der Waals surface area contributed by atoms with Gasteiger partial charge in [-0.3, -0.25) is 4.79 Å². The Kier molecular flexibility index (Phi) is 4.40. The van der Waals surface area contributed by atoms with Gasteiger partial charge < -0.3 is 9.52 Å². The zero-order chi connectivity index (χ0) is 17.5. The molecule has 1 aromatic heterocycles. The third kappa shape index (κ3) is 3.06. The summed E-state index contributed by atoms with van der Waals surface area (Å²) in [6, 6.07) is 3.57. The molecule has 24 heavy (non-hydrogen) atoms. The van der Waals surface area contributed by atoms with E-state index in [1.165, 1.54) is 17.7 Å². The third-order valence-electron chi connectivity index (χ3n) is 4.45. The van der Waals surface area contributed by atoms with E-state index in [9.17, 15) is 18.3 Å². The molecule has 7 heteroatoms. The highest BCUT2D eigenvalue weighted by molar-refractivity contribution is 7.89. The molecule has 0 bridgehead atoms. The fourth-order valence-electron chi connectivity index (χ4n) is 3.12. The van der Waals surface area contributed by atoms with Crippen LogP contribution in [0.4, 0.5) is 0 Å². The second kappa shape index (κ2) is 6.22. The van der Waals surface area contributed by atoms with Gasteiger partial charge in [-0.2, -0.15) is 4.72 Å². The minimum atomic E-state index is -3.93. The molecule has 0 radical (unpaired) electrons. The largest absolute Gasteiger partial charge is 0.480 e. The van der Waals surface area contributed by atoms with Crippen molar-refractivity contribution < 1.29 is 22.7 Å². The molecule has 1 aromatic carbocycles. The Hall–Kier alpha value is -1.86. The van der Waals surface area contributed by atoms with Gasteiger partial charge in [-0.05, 0) is 37.3 Å². The van der Waals surface area contributed by atoms with Crippen LogP contribution in [0.2, 0.25) is 0 Å². The Morgan fingerprint density at radius 2 is 1.96 bits per heavy atom. The number of carbonyl (C=O) groups is 1. The maximum Gasteiger partial charge on any atom is 0.322 e. The van der Waals surface area contributed by atoms with Gasteiger partial charge in [0.25, 0.3) is 0 Å². The van der Waals surface area contributed by atoms with E-state index in [1.807, 2.05) is 0 Å². The van der Waals surface area contributed by atoms with Crippen molar-refractivity contribution >= 4 is 27.0 Å². The zero-order valence-corrected chi connectivity index (χ0v) is 14.5. The van der Waals surface area contributed by atoms with Gasteiger partial charge in [-0.1, -0.05) is 13.8 Å². The lowest BCUT2D eigenvalue weighted by atomic mass is 9.96. The average Bonchev–Trinajstić information content (AvgIpc) is 2.89. The Labute approximate surface area is 140 Å². The van der Waals surface area contributed by atoms with E-state index in [0.29, 0.717) is 5.58 Å². The lowest BCUT2D eigenvalue weighted by molar-refractivity contribution is -0.140. The third-order valence-corrected chi connectivity index (χ3v) is 5.89. The molecule has 0 spiro atoms. The van der Waals surface area contributed by atoms with Gasteiger partial charge in [0.1, 0.15) is 17.4 Å². The van der Waals surface area contributed by atoms with Gasteiger partial charge in [0, 0.05) is 23.4 Å². The van der Waals surface area contributed by atoms with Crippen LogP contribution in [-0.4, -0.2) is 25.5 Å². The van der Waals surface area contributed by atoms with Crippen LogP contribution in [0.3, 0.4) is 0 Å². The normalized spacial score (nSPS) is 16.3. The van der Waals surface area contributed by atoms with E-state index < -0.39 is 22.0 Å². The maximum absolute atomic E-state index is 12.5. The quantitative estimate of drug-likeness (QED) is 0.863. The summed E-state index contributed by atoms with van der Waals surface area (Å²) in [6.07, 6.45) is 4.01. The Balaban J connectivity index is 1.97. The minimum Gasteiger partial charge on any atom is -0.480 e. The summed E-state index contributed by atoms with van der Waals surface area (Å²) in [5.41, 5.74) is 1.71. The predicted octanol–water partition coefficient (Wildman–Crippen LogP) is 2.70. The Morgan fingerprint density at radius 1 is 1.25 bits per heavy atom. The standard InChI is InChI=1S/C17H21NO5S/c1-10(2)16(17(19)20)18-24(21,22)11-7-8-13-12-5-3-4-6-14(12)23-15(13)9-11/h7-10,16,18H,3-6H2,1-2H3,(H,19,20)/t16-/m1/s1. The number of aryl methyl sites for hydroxylation is 2. The van der Waals surface area contributed by atoms with E-state index >= 15 is 0 Å². The van der Waals surface area contributed by atoms with Gasteiger partial charge in [0.15, 0.2) is 0 Å². The molecule has 6 nitrogen and oxygen atoms in total. The molecule has 0 amide bonds. The Bertz CT molecular complexity index is 882. The minimum absolute atomic E-state index is 0.0213. The number of aliphatic carboxylic acids is 1. The lowest BCUT2D eigenvalue weighted by Crippen LogP contribution is -2.44. The molecule has 2 N–H and O–H groups in total. The summed E-state index contributed by atoms with van der Waals surface area (Å²) in [6.45, 7) is 3.32. The van der Waals surface area contributed by atoms with Crippen molar-refractivity contribution in [2.45, 2.75) is 50.5 Å². The number of carboxylic acid groups (broad SMARTS) is 1. The van der Waals surface area contributed by atoms with Crippen LogP contribution in [0.5, 0.6) is 0 Å². The molecule has 1 aliphatic carbocycles. The number of nitrogens with one attached hydrogen (secondary N) is 1. The van der Waals surface area contributed by atoms with Crippen LogP contribution < -0.4 is 4.72 Å². The van der Waals surface area contributed by atoms with Crippen molar-refractivity contribution in [1.29, 1.82) is 0 Å². The van der Waals surface area contributed by atoms with Gasteiger partial charge in [-0.25, -0.2) is 8.42 Å². The molecule has 0 fully saturated rings. The molecule has 0 saturated carbocycles. The van der Waals surface area contributed by atoms with Crippen LogP contribution in [-0.2, 0) is 27.7 Å². The number of hydrogen-bond acceptors (Lipinski definition) is 4. The van der Waals surface area contributed by atoms with Gasteiger partial charge in [0.05, 0.1) is 4.90 Å². The Morgan fingerprint density at radius 3 is 2.62 bits per heavy atom. The highest BCUT2D eigenvalue weighted by Crippen LogP contribution is 2.33. The molecule has 0 unspecified atom stereocenters. The summed E-state index contributed by atoms with van der Waals surface area (Å²) in [7, 11) is -3.93. The van der Waals surface area contributed by atoms with Gasteiger partial charge in [-0.15, -0.1) is 0 Å². The molecular formula is C17H21NO5S. The molecule has 1 aliphatic rings. The first-order chi connectivity index (χ1) is 11.3. The first kappa shape index (κ1) is 17.0. The van der Waals surface area contributed by atoms with Crippen molar-refractivity contribution in [3.8, 4) is 0 Å². The second-order valence-corrected chi connectivity index (χ2v) is 8.26. The average molecular weight is 351 g/mol. The maximum atomic E-state index is 12.5.